The van der Waals surface area contributed by atoms with Gasteiger partial charge in [0, 0.05) is 10.4 Å². The fraction of sp³-hybridized carbons (Fsp3) is 0.160. The standard InChI is InChI=1S/C25H16BrNO4/c26-13-9-11-14(12-10-13)27-22(28)20-19-15-5-1-3-7-17(15)25(24(30)31,21(20)23(27)29)18-8-4-2-6-16(18)19/h1-12,19-21H,(H,30,31)/p-1. The van der Waals surface area contributed by atoms with E-state index in [1.807, 2.05) is 24.3 Å². The number of hydrogen-bond acceptors (Lipinski definition) is 4. The predicted octanol–water partition coefficient (Wildman–Crippen LogP) is 2.75. The van der Waals surface area contributed by atoms with Crippen molar-refractivity contribution >= 4 is 39.4 Å². The summed E-state index contributed by atoms with van der Waals surface area (Å²) in [6.45, 7) is 0. The summed E-state index contributed by atoms with van der Waals surface area (Å²) in [6, 6.07) is 21.3. The van der Waals surface area contributed by atoms with Crippen LogP contribution in [0.15, 0.2) is 77.3 Å². The van der Waals surface area contributed by atoms with Crippen molar-refractivity contribution in [3.8, 4) is 0 Å². The molecule has 2 unspecified atom stereocenters. The van der Waals surface area contributed by atoms with E-state index in [4.69, 9.17) is 0 Å². The van der Waals surface area contributed by atoms with E-state index >= 15 is 0 Å². The number of halogens is 1. The third-order valence-electron chi connectivity index (χ3n) is 7.02. The Hall–Kier alpha value is -3.25. The van der Waals surface area contributed by atoms with Gasteiger partial charge in [-0.15, -0.1) is 0 Å². The first-order valence-electron chi connectivity index (χ1n) is 10.0. The van der Waals surface area contributed by atoms with Crippen LogP contribution < -0.4 is 10.0 Å². The number of rotatable bonds is 2. The number of imide groups is 1. The summed E-state index contributed by atoms with van der Waals surface area (Å²) in [5.74, 6) is -4.43. The number of anilines is 1. The van der Waals surface area contributed by atoms with Gasteiger partial charge in [0.25, 0.3) is 0 Å². The van der Waals surface area contributed by atoms with E-state index in [9.17, 15) is 19.5 Å². The Kier molecular flexibility index (Phi) is 3.67. The Morgan fingerprint density at radius 1 is 0.839 bits per heavy atom. The van der Waals surface area contributed by atoms with Crippen molar-refractivity contribution < 1.29 is 19.5 Å². The molecule has 1 aliphatic heterocycles. The Balaban J connectivity index is 1.67. The first-order chi connectivity index (χ1) is 15.0. The van der Waals surface area contributed by atoms with Gasteiger partial charge in [0.05, 0.1) is 28.9 Å². The predicted molar refractivity (Wildman–Crippen MR) is 114 cm³/mol. The van der Waals surface area contributed by atoms with Crippen molar-refractivity contribution in [2.24, 2.45) is 11.8 Å². The lowest BCUT2D eigenvalue weighted by atomic mass is 9.47. The molecule has 1 fully saturated rings. The largest absolute Gasteiger partial charge is 0.549 e. The maximum atomic E-state index is 13.8. The van der Waals surface area contributed by atoms with Crippen LogP contribution in [-0.2, 0) is 19.8 Å². The molecule has 0 N–H and O–H groups in total. The van der Waals surface area contributed by atoms with Crippen molar-refractivity contribution in [1.82, 2.24) is 0 Å². The van der Waals surface area contributed by atoms with Crippen molar-refractivity contribution in [3.63, 3.8) is 0 Å². The van der Waals surface area contributed by atoms with E-state index < -0.39 is 29.1 Å². The summed E-state index contributed by atoms with van der Waals surface area (Å²) in [7, 11) is 0. The average Bonchev–Trinajstić information content (AvgIpc) is 3.05. The van der Waals surface area contributed by atoms with Gasteiger partial charge in [-0.05, 0) is 46.5 Å². The second-order valence-corrected chi connectivity index (χ2v) is 9.16. The number of carboxylic acid groups (broad SMARTS) is 1. The quantitative estimate of drug-likeness (QED) is 0.537. The lowest BCUT2D eigenvalue weighted by Gasteiger charge is -2.54. The van der Waals surface area contributed by atoms with Crippen LogP contribution >= 0.6 is 15.9 Å². The molecule has 1 saturated heterocycles. The number of carbonyl (C=O) groups is 3. The van der Waals surface area contributed by atoms with Crippen molar-refractivity contribution in [2.75, 3.05) is 4.90 Å². The molecule has 0 spiro atoms. The van der Waals surface area contributed by atoms with Crippen LogP contribution in [0.3, 0.4) is 0 Å². The SMILES string of the molecule is O=C1C2C3c4ccccc4C(C(=O)[O-])(c4ccccc43)C2C(=O)N1c1ccc(Br)cc1. The Morgan fingerprint density at radius 2 is 1.39 bits per heavy atom. The van der Waals surface area contributed by atoms with Crippen molar-refractivity contribution in [1.29, 1.82) is 0 Å². The highest BCUT2D eigenvalue weighted by Gasteiger charge is 2.68. The molecule has 2 atom stereocenters. The molecule has 5 nitrogen and oxygen atoms in total. The number of nitrogens with zero attached hydrogens (tertiary/aromatic N) is 1. The minimum absolute atomic E-state index is 0.364. The minimum atomic E-state index is -1.70. The molecule has 3 aromatic carbocycles. The smallest absolute Gasteiger partial charge is 0.239 e. The Morgan fingerprint density at radius 3 is 1.94 bits per heavy atom. The van der Waals surface area contributed by atoms with Crippen LogP contribution in [-0.4, -0.2) is 17.8 Å². The van der Waals surface area contributed by atoms with E-state index in [1.54, 1.807) is 48.5 Å². The average molecular weight is 473 g/mol. The van der Waals surface area contributed by atoms with Crippen LogP contribution in [0.4, 0.5) is 5.69 Å². The number of benzene rings is 3. The highest BCUT2D eigenvalue weighted by atomic mass is 79.9. The first-order valence-corrected chi connectivity index (χ1v) is 10.8. The fourth-order valence-corrected chi connectivity index (χ4v) is 6.23. The van der Waals surface area contributed by atoms with E-state index in [0.717, 1.165) is 20.5 Å². The summed E-state index contributed by atoms with van der Waals surface area (Å²) in [4.78, 5) is 41.5. The number of amides is 2. The Labute approximate surface area is 186 Å². The molecule has 31 heavy (non-hydrogen) atoms. The lowest BCUT2D eigenvalue weighted by molar-refractivity contribution is -0.314. The molecule has 7 rings (SSSR count). The zero-order valence-corrected chi connectivity index (χ0v) is 17.7. The maximum absolute atomic E-state index is 13.8. The zero-order chi connectivity index (χ0) is 21.5. The summed E-state index contributed by atoms with van der Waals surface area (Å²) in [5.41, 5.74) is 1.41. The number of carboxylic acids is 1. The molecule has 152 valence electrons. The van der Waals surface area contributed by atoms with Crippen LogP contribution in [0.2, 0.25) is 0 Å². The summed E-state index contributed by atoms with van der Waals surface area (Å²) < 4.78 is 0.818. The number of carbonyl (C=O) groups excluding carboxylic acids is 3. The maximum Gasteiger partial charge on any atom is 0.239 e. The van der Waals surface area contributed by atoms with Gasteiger partial charge in [-0.2, -0.15) is 0 Å². The number of aliphatic carboxylic acids is 1. The van der Waals surface area contributed by atoms with E-state index in [0.29, 0.717) is 16.8 Å². The van der Waals surface area contributed by atoms with E-state index in [-0.39, 0.29) is 11.8 Å². The van der Waals surface area contributed by atoms with Crippen LogP contribution in [0.1, 0.15) is 28.2 Å². The van der Waals surface area contributed by atoms with Gasteiger partial charge in [0.2, 0.25) is 11.8 Å². The highest BCUT2D eigenvalue weighted by Crippen LogP contribution is 2.64. The Bertz CT molecular complexity index is 1250. The van der Waals surface area contributed by atoms with Gasteiger partial charge in [-0.25, -0.2) is 4.90 Å². The topological polar surface area (TPSA) is 77.5 Å². The van der Waals surface area contributed by atoms with Crippen LogP contribution in [0, 0.1) is 11.8 Å². The number of hydrogen-bond donors (Lipinski definition) is 0. The molecule has 3 aliphatic carbocycles. The molecule has 0 radical (unpaired) electrons. The third kappa shape index (κ3) is 2.08. The van der Waals surface area contributed by atoms with E-state index in [2.05, 4.69) is 15.9 Å². The lowest BCUT2D eigenvalue weighted by Crippen LogP contribution is -2.61. The molecule has 2 bridgehead atoms. The van der Waals surface area contributed by atoms with Gasteiger partial charge in [0.15, 0.2) is 0 Å². The van der Waals surface area contributed by atoms with E-state index in [1.165, 1.54) is 0 Å². The zero-order valence-electron chi connectivity index (χ0n) is 16.1. The third-order valence-corrected chi connectivity index (χ3v) is 7.55. The van der Waals surface area contributed by atoms with Gasteiger partial charge in [-0.3, -0.25) is 9.59 Å². The van der Waals surface area contributed by atoms with Gasteiger partial charge in [0.1, 0.15) is 0 Å². The van der Waals surface area contributed by atoms with Gasteiger partial charge < -0.3 is 9.90 Å². The molecular weight excluding hydrogens is 458 g/mol. The summed E-state index contributed by atoms with van der Waals surface area (Å²) >= 11 is 3.37. The van der Waals surface area contributed by atoms with Gasteiger partial charge >= 0.3 is 0 Å². The second-order valence-electron chi connectivity index (χ2n) is 8.24. The minimum Gasteiger partial charge on any atom is -0.549 e. The molecule has 4 aliphatic rings. The first kappa shape index (κ1) is 18.5. The monoisotopic (exact) mass is 472 g/mol. The van der Waals surface area contributed by atoms with Crippen LogP contribution in [0.25, 0.3) is 0 Å². The molecule has 1 heterocycles. The molecule has 0 saturated carbocycles. The highest BCUT2D eigenvalue weighted by molar-refractivity contribution is 9.10. The summed E-state index contributed by atoms with van der Waals surface area (Å²) in [6.07, 6.45) is 0. The molecule has 0 aromatic heterocycles. The van der Waals surface area contributed by atoms with Crippen molar-refractivity contribution in [2.45, 2.75) is 11.3 Å². The molecule has 3 aromatic rings. The van der Waals surface area contributed by atoms with Gasteiger partial charge in [-0.1, -0.05) is 64.5 Å². The second kappa shape index (κ2) is 6.14. The molecule has 6 heteroatoms. The summed E-state index contributed by atoms with van der Waals surface area (Å²) in [5, 5.41) is 12.9. The van der Waals surface area contributed by atoms with Crippen molar-refractivity contribution in [3.05, 3.63) is 99.5 Å². The van der Waals surface area contributed by atoms with Crippen LogP contribution in [0.5, 0.6) is 0 Å². The fourth-order valence-electron chi connectivity index (χ4n) is 5.96. The molecule has 2 amide bonds. The normalized spacial score (nSPS) is 27.6. The molecular formula is C25H15BrNO4-.